The van der Waals surface area contributed by atoms with Crippen molar-refractivity contribution >= 4 is 43.0 Å². The Morgan fingerprint density at radius 2 is 1.89 bits per heavy atom. The molecule has 27 heavy (non-hydrogen) atoms. The van der Waals surface area contributed by atoms with E-state index in [4.69, 9.17) is 9.68 Å². The third-order valence-electron chi connectivity index (χ3n) is 3.96. The molecule has 1 aromatic heterocycles. The van der Waals surface area contributed by atoms with E-state index in [1.165, 1.54) is 13.3 Å². The molecule has 0 aliphatic rings. The van der Waals surface area contributed by atoms with Crippen LogP contribution in [0.2, 0.25) is 0 Å². The lowest BCUT2D eigenvalue weighted by atomic mass is 10.1. The van der Waals surface area contributed by atoms with Crippen LogP contribution in [0.15, 0.2) is 59.2 Å². The second-order valence-corrected chi connectivity index (χ2v) is 8.27. The summed E-state index contributed by atoms with van der Waals surface area (Å²) in [5.41, 5.74) is 1.70. The molecule has 0 saturated carbocycles. The fourth-order valence-corrected chi connectivity index (χ4v) is 4.27. The molecule has 1 N–H and O–H groups in total. The number of benzene rings is 2. The maximum atomic E-state index is 12.6. The van der Waals surface area contributed by atoms with E-state index >= 15 is 0 Å². The van der Waals surface area contributed by atoms with Crippen LogP contribution in [0.1, 0.15) is 26.4 Å². The van der Waals surface area contributed by atoms with Gasteiger partial charge >= 0.3 is 10.2 Å². The van der Waals surface area contributed by atoms with Gasteiger partial charge in [0, 0.05) is 12.4 Å². The van der Waals surface area contributed by atoms with Crippen LogP contribution in [0.25, 0.3) is 11.0 Å². The van der Waals surface area contributed by atoms with Crippen molar-refractivity contribution in [3.05, 3.63) is 71.5 Å². The zero-order valence-electron chi connectivity index (χ0n) is 14.1. The lowest BCUT2D eigenvalue weighted by Gasteiger charge is -2.23. The van der Waals surface area contributed by atoms with E-state index in [2.05, 4.69) is 15.9 Å². The van der Waals surface area contributed by atoms with E-state index in [1.807, 2.05) is 10.8 Å². The molecule has 0 radical (unpaired) electrons. The van der Waals surface area contributed by atoms with Gasteiger partial charge in [-0.1, -0.05) is 46.3 Å². The number of furan rings is 1. The number of hydrogen-bond acceptors (Lipinski definition) is 5. The Balaban J connectivity index is 1.80. The lowest BCUT2D eigenvalue weighted by molar-refractivity contribution is 0.0980. The van der Waals surface area contributed by atoms with Gasteiger partial charge in [0.25, 0.3) is 5.91 Å². The lowest BCUT2D eigenvalue weighted by Crippen LogP contribution is -2.41. The third-order valence-corrected chi connectivity index (χ3v) is 6.79. The highest BCUT2D eigenvalue weighted by Crippen LogP contribution is 2.28. The summed E-state index contributed by atoms with van der Waals surface area (Å²) >= 11 is 3.31. The van der Waals surface area contributed by atoms with E-state index in [0.717, 1.165) is 4.31 Å². The number of nitriles is 1. The minimum atomic E-state index is -4.14. The first-order chi connectivity index (χ1) is 12.8. The first-order valence-electron chi connectivity index (χ1n) is 7.74. The summed E-state index contributed by atoms with van der Waals surface area (Å²) in [6.45, 7) is 0. The van der Waals surface area contributed by atoms with Crippen molar-refractivity contribution in [2.45, 2.75) is 4.95 Å². The van der Waals surface area contributed by atoms with E-state index in [-0.39, 0.29) is 5.56 Å². The van der Waals surface area contributed by atoms with E-state index < -0.39 is 21.1 Å². The highest BCUT2D eigenvalue weighted by molar-refractivity contribution is 9.09. The molecule has 1 heterocycles. The van der Waals surface area contributed by atoms with Gasteiger partial charge in [0.2, 0.25) is 0 Å². The minimum absolute atomic E-state index is 0.132. The summed E-state index contributed by atoms with van der Waals surface area (Å²) in [5, 5.41) is 9.37. The van der Waals surface area contributed by atoms with Gasteiger partial charge in [-0.2, -0.15) is 18.0 Å². The zero-order valence-corrected chi connectivity index (χ0v) is 16.5. The van der Waals surface area contributed by atoms with Gasteiger partial charge in [-0.3, -0.25) is 4.79 Å². The highest BCUT2D eigenvalue weighted by Gasteiger charge is 2.28. The smallest absolute Gasteiger partial charge is 0.305 e. The first kappa shape index (κ1) is 19.1. The summed E-state index contributed by atoms with van der Waals surface area (Å²) < 4.78 is 33.5. The Bertz CT molecular complexity index is 1130. The predicted octanol–water partition coefficient (Wildman–Crippen LogP) is 3.30. The standard InChI is InChI=1S/C18H14BrN3O4S/c1-22(17(19)13-8-6-12(10-20)7-9-13)27(24,25)21-18(23)15-11-26-16-5-3-2-4-14(15)16/h2-9,11,17H,1H3,(H,21,23). The van der Waals surface area contributed by atoms with Crippen LogP contribution in [-0.2, 0) is 10.2 Å². The Labute approximate surface area is 164 Å². The monoisotopic (exact) mass is 447 g/mol. The van der Waals surface area contributed by atoms with Gasteiger partial charge in [0.05, 0.1) is 17.2 Å². The minimum Gasteiger partial charge on any atom is -0.463 e. The molecule has 0 bridgehead atoms. The average Bonchev–Trinajstić information content (AvgIpc) is 3.11. The molecule has 0 fully saturated rings. The summed E-state index contributed by atoms with van der Waals surface area (Å²) in [6, 6.07) is 15.3. The number of carbonyl (C=O) groups is 1. The van der Waals surface area contributed by atoms with Crippen LogP contribution in [-0.4, -0.2) is 25.7 Å². The number of fused-ring (bicyclic) bond motifs is 1. The predicted molar refractivity (Wildman–Crippen MR) is 103 cm³/mol. The molecule has 9 heteroatoms. The van der Waals surface area contributed by atoms with Gasteiger partial charge in [-0.25, -0.2) is 4.72 Å². The number of halogens is 1. The van der Waals surface area contributed by atoms with Gasteiger partial charge in [0.15, 0.2) is 0 Å². The van der Waals surface area contributed by atoms with Gasteiger partial charge in [-0.05, 0) is 23.8 Å². The molecule has 7 nitrogen and oxygen atoms in total. The Morgan fingerprint density at radius 1 is 1.22 bits per heavy atom. The van der Waals surface area contributed by atoms with Crippen molar-refractivity contribution < 1.29 is 17.6 Å². The molecular weight excluding hydrogens is 434 g/mol. The van der Waals surface area contributed by atoms with Crippen LogP contribution in [0.4, 0.5) is 0 Å². The number of carbonyl (C=O) groups excluding carboxylic acids is 1. The number of nitrogens with one attached hydrogen (secondary N) is 1. The van der Waals surface area contributed by atoms with Gasteiger partial charge < -0.3 is 4.42 Å². The molecular formula is C18H14BrN3O4S. The zero-order chi connectivity index (χ0) is 19.6. The molecule has 138 valence electrons. The van der Waals surface area contributed by atoms with Gasteiger partial charge in [-0.15, -0.1) is 0 Å². The van der Waals surface area contributed by atoms with Crippen LogP contribution >= 0.6 is 15.9 Å². The Morgan fingerprint density at radius 3 is 2.56 bits per heavy atom. The van der Waals surface area contributed by atoms with E-state index in [0.29, 0.717) is 22.1 Å². The maximum absolute atomic E-state index is 12.6. The Kier molecular flexibility index (Phi) is 5.32. The number of alkyl halides is 1. The number of amides is 1. The number of hydrogen-bond donors (Lipinski definition) is 1. The largest absolute Gasteiger partial charge is 0.463 e. The first-order valence-corrected chi connectivity index (χ1v) is 10.1. The molecule has 3 rings (SSSR count). The molecule has 0 aliphatic carbocycles. The third kappa shape index (κ3) is 3.88. The summed E-state index contributed by atoms with van der Waals surface area (Å²) in [5.74, 6) is -0.786. The fraction of sp³-hybridized carbons (Fsp3) is 0.111. The van der Waals surface area contributed by atoms with Crippen LogP contribution < -0.4 is 4.72 Å². The number of nitrogens with zero attached hydrogens (tertiary/aromatic N) is 2. The molecule has 0 saturated heterocycles. The molecule has 0 spiro atoms. The second-order valence-electron chi connectivity index (χ2n) is 5.67. The summed E-state index contributed by atoms with van der Waals surface area (Å²) in [6.07, 6.45) is 1.22. The number of rotatable bonds is 5. The van der Waals surface area contributed by atoms with Crippen molar-refractivity contribution in [1.29, 1.82) is 5.26 Å². The SMILES string of the molecule is CN(C(Br)c1ccc(C#N)cc1)S(=O)(=O)NC(=O)c1coc2ccccc12. The van der Waals surface area contributed by atoms with Crippen molar-refractivity contribution in [3.63, 3.8) is 0 Å². The molecule has 2 aromatic carbocycles. The molecule has 1 amide bonds. The van der Waals surface area contributed by atoms with Crippen molar-refractivity contribution in [1.82, 2.24) is 9.03 Å². The van der Waals surface area contributed by atoms with Crippen molar-refractivity contribution in [2.24, 2.45) is 0 Å². The van der Waals surface area contributed by atoms with Gasteiger partial charge in [0.1, 0.15) is 16.8 Å². The van der Waals surface area contributed by atoms with Crippen molar-refractivity contribution in [2.75, 3.05) is 7.05 Å². The quantitative estimate of drug-likeness (QED) is 0.477. The van der Waals surface area contributed by atoms with E-state index in [1.54, 1.807) is 48.5 Å². The molecule has 0 aliphatic heterocycles. The van der Waals surface area contributed by atoms with Crippen LogP contribution in [0.5, 0.6) is 0 Å². The summed E-state index contributed by atoms with van der Waals surface area (Å²) in [4.78, 5) is 11.7. The molecule has 1 atom stereocenters. The van der Waals surface area contributed by atoms with Crippen molar-refractivity contribution in [3.8, 4) is 6.07 Å². The molecule has 3 aromatic rings. The topological polar surface area (TPSA) is 103 Å². The number of para-hydroxylation sites is 1. The van der Waals surface area contributed by atoms with Crippen LogP contribution in [0, 0.1) is 11.3 Å². The molecule has 1 unspecified atom stereocenters. The van der Waals surface area contributed by atoms with E-state index in [9.17, 15) is 13.2 Å². The highest BCUT2D eigenvalue weighted by atomic mass is 79.9. The van der Waals surface area contributed by atoms with Crippen LogP contribution in [0.3, 0.4) is 0 Å². The Hall–Kier alpha value is -2.67. The fourth-order valence-electron chi connectivity index (χ4n) is 2.45. The normalized spacial score (nSPS) is 12.7. The second kappa shape index (κ2) is 7.52. The summed E-state index contributed by atoms with van der Waals surface area (Å²) in [7, 11) is -2.80. The maximum Gasteiger partial charge on any atom is 0.305 e. The average molecular weight is 448 g/mol.